The zero-order chi connectivity index (χ0) is 34.3. The van der Waals surface area contributed by atoms with Crippen molar-refractivity contribution in [3.8, 4) is 5.75 Å². The predicted octanol–water partition coefficient (Wildman–Crippen LogP) is 1.85. The van der Waals surface area contributed by atoms with E-state index in [2.05, 4.69) is 10.6 Å². The molecule has 15 heteroatoms. The van der Waals surface area contributed by atoms with Crippen LogP contribution in [0.2, 0.25) is 0 Å². The lowest BCUT2D eigenvalue weighted by Crippen LogP contribution is -2.41. The second kappa shape index (κ2) is 23.0. The average molecular weight is 653 g/mol. The number of carbonyl (C=O) groups excluding carboxylic acids is 4. The SMILES string of the molecule is CCNC(=O)COCCOCCCC(=O)C(CCC(=O)O)NC(=O)CCC(CC(=O)CCCOc1ccc(C(=O)O)cc1)C(=O)O. The van der Waals surface area contributed by atoms with Gasteiger partial charge in [-0.05, 0) is 56.9 Å². The summed E-state index contributed by atoms with van der Waals surface area (Å²) < 4.78 is 16.0. The largest absolute Gasteiger partial charge is 0.494 e. The van der Waals surface area contributed by atoms with Crippen molar-refractivity contribution in [2.45, 2.75) is 70.8 Å². The highest BCUT2D eigenvalue weighted by molar-refractivity contribution is 5.90. The Morgan fingerprint density at radius 1 is 0.761 bits per heavy atom. The number of carboxylic acid groups (broad SMARTS) is 3. The summed E-state index contributed by atoms with van der Waals surface area (Å²) in [6.45, 7) is 2.96. The fourth-order valence-corrected chi connectivity index (χ4v) is 4.15. The number of aliphatic carboxylic acids is 2. The highest BCUT2D eigenvalue weighted by Gasteiger charge is 2.25. The second-order valence-electron chi connectivity index (χ2n) is 10.3. The summed E-state index contributed by atoms with van der Waals surface area (Å²) >= 11 is 0. The minimum atomic E-state index is -1.25. The number of hydrogen-bond acceptors (Lipinski definition) is 10. The lowest BCUT2D eigenvalue weighted by molar-refractivity contribution is -0.144. The number of hydrogen-bond donors (Lipinski definition) is 5. The summed E-state index contributed by atoms with van der Waals surface area (Å²) in [5.74, 6) is -5.75. The van der Waals surface area contributed by atoms with Crippen LogP contribution in [0.4, 0.5) is 0 Å². The van der Waals surface area contributed by atoms with Crippen molar-refractivity contribution >= 4 is 41.3 Å². The molecule has 0 saturated heterocycles. The van der Waals surface area contributed by atoms with Crippen LogP contribution in [0.5, 0.6) is 5.75 Å². The Hall–Kier alpha value is -4.37. The van der Waals surface area contributed by atoms with Crippen molar-refractivity contribution in [1.82, 2.24) is 10.6 Å². The van der Waals surface area contributed by atoms with E-state index in [1.54, 1.807) is 6.92 Å². The molecule has 0 aliphatic rings. The molecule has 0 aromatic heterocycles. The molecule has 0 bridgehead atoms. The standard InChI is InChI=1S/C31H44N2O13/c1-2-32-28(37)20-45-18-17-44-15-4-6-26(35)25(12-14-29(38)39)33-27(36)13-9-22(31(42)43)19-23(34)5-3-16-46-24-10-7-21(8-11-24)30(40)41/h7-8,10-11,22,25H,2-6,9,12-20H2,1H3,(H,32,37)(H,33,36)(H,38,39)(H,40,41)(H,42,43). The number of likely N-dealkylation sites (N-methyl/N-ethyl adjacent to an activating group) is 1. The normalized spacial score (nSPS) is 12.0. The number of Topliss-reactive ketones (excluding diaryl/α,β-unsaturated/α-hetero) is 2. The minimum absolute atomic E-state index is 0.00788. The number of amides is 2. The van der Waals surface area contributed by atoms with Gasteiger partial charge >= 0.3 is 17.9 Å². The fourth-order valence-electron chi connectivity index (χ4n) is 4.15. The van der Waals surface area contributed by atoms with Crippen LogP contribution in [-0.2, 0) is 38.2 Å². The Balaban J connectivity index is 2.43. The van der Waals surface area contributed by atoms with Gasteiger partial charge in [0.05, 0.1) is 37.3 Å². The van der Waals surface area contributed by atoms with Gasteiger partial charge in [-0.2, -0.15) is 0 Å². The number of benzene rings is 1. The number of ether oxygens (including phenoxy) is 3. The Bertz CT molecular complexity index is 1150. The summed E-state index contributed by atoms with van der Waals surface area (Å²) in [4.78, 5) is 82.7. The lowest BCUT2D eigenvalue weighted by atomic mass is 9.95. The Kier molecular flexibility index (Phi) is 19.9. The second-order valence-corrected chi connectivity index (χ2v) is 10.3. The maximum atomic E-state index is 12.7. The van der Waals surface area contributed by atoms with E-state index >= 15 is 0 Å². The molecule has 0 aliphatic carbocycles. The number of carbonyl (C=O) groups is 7. The van der Waals surface area contributed by atoms with Crippen LogP contribution in [0.25, 0.3) is 0 Å². The topological polar surface area (TPSA) is 232 Å². The van der Waals surface area contributed by atoms with Crippen LogP contribution >= 0.6 is 0 Å². The third-order valence-corrected chi connectivity index (χ3v) is 6.57. The molecule has 256 valence electrons. The van der Waals surface area contributed by atoms with Crippen molar-refractivity contribution in [2.24, 2.45) is 5.92 Å². The summed E-state index contributed by atoms with van der Waals surface area (Å²) in [7, 11) is 0. The van der Waals surface area contributed by atoms with Crippen LogP contribution in [0.3, 0.4) is 0 Å². The van der Waals surface area contributed by atoms with Crippen molar-refractivity contribution in [1.29, 1.82) is 0 Å². The van der Waals surface area contributed by atoms with Gasteiger partial charge in [0.1, 0.15) is 18.1 Å². The van der Waals surface area contributed by atoms with E-state index < -0.39 is 41.6 Å². The third-order valence-electron chi connectivity index (χ3n) is 6.57. The highest BCUT2D eigenvalue weighted by Crippen LogP contribution is 2.16. The first-order chi connectivity index (χ1) is 21.9. The first-order valence-corrected chi connectivity index (χ1v) is 15.1. The molecule has 1 aromatic carbocycles. The monoisotopic (exact) mass is 652 g/mol. The molecule has 0 spiro atoms. The maximum Gasteiger partial charge on any atom is 0.335 e. The molecule has 2 amide bonds. The molecule has 5 N–H and O–H groups in total. The van der Waals surface area contributed by atoms with E-state index in [1.165, 1.54) is 24.3 Å². The zero-order valence-corrected chi connectivity index (χ0v) is 26.0. The molecule has 0 fully saturated rings. The van der Waals surface area contributed by atoms with E-state index in [0.29, 0.717) is 25.1 Å². The van der Waals surface area contributed by atoms with Crippen LogP contribution in [0, 0.1) is 5.92 Å². The predicted molar refractivity (Wildman–Crippen MR) is 161 cm³/mol. The Labute approximate surface area is 267 Å². The molecule has 0 aliphatic heterocycles. The van der Waals surface area contributed by atoms with Gasteiger partial charge in [0.2, 0.25) is 11.8 Å². The smallest absolute Gasteiger partial charge is 0.335 e. The molecule has 15 nitrogen and oxygen atoms in total. The van der Waals surface area contributed by atoms with E-state index in [0.717, 1.165) is 0 Å². The van der Waals surface area contributed by atoms with Crippen LogP contribution in [0.15, 0.2) is 24.3 Å². The van der Waals surface area contributed by atoms with E-state index in [-0.39, 0.29) is 95.2 Å². The molecule has 1 rings (SSSR count). The number of ketones is 2. The molecule has 1 aromatic rings. The first kappa shape index (κ1) is 39.7. The molecule has 46 heavy (non-hydrogen) atoms. The van der Waals surface area contributed by atoms with Crippen molar-refractivity contribution in [3.63, 3.8) is 0 Å². The van der Waals surface area contributed by atoms with Gasteiger partial charge in [0.25, 0.3) is 0 Å². The quantitative estimate of drug-likeness (QED) is 0.0855. The van der Waals surface area contributed by atoms with E-state index in [9.17, 15) is 38.7 Å². The average Bonchev–Trinajstić information content (AvgIpc) is 3.00. The Morgan fingerprint density at radius 3 is 2.07 bits per heavy atom. The van der Waals surface area contributed by atoms with Gasteiger partial charge in [0, 0.05) is 45.3 Å². The van der Waals surface area contributed by atoms with E-state index in [1.807, 2.05) is 0 Å². The summed E-state index contributed by atoms with van der Waals surface area (Å²) in [6.07, 6.45) is -0.577. The van der Waals surface area contributed by atoms with Crippen molar-refractivity contribution < 1.29 is 63.1 Å². The number of aromatic carboxylic acids is 1. The maximum absolute atomic E-state index is 12.7. The lowest BCUT2D eigenvalue weighted by Gasteiger charge is -2.18. The van der Waals surface area contributed by atoms with Gasteiger partial charge in [-0.3, -0.25) is 28.8 Å². The van der Waals surface area contributed by atoms with Crippen LogP contribution in [-0.4, -0.2) is 102 Å². The highest BCUT2D eigenvalue weighted by atomic mass is 16.5. The van der Waals surface area contributed by atoms with Crippen LogP contribution in [0.1, 0.15) is 75.1 Å². The molecular formula is C31H44N2O13. The number of rotatable bonds is 27. The van der Waals surface area contributed by atoms with Crippen LogP contribution < -0.4 is 15.4 Å². The summed E-state index contributed by atoms with van der Waals surface area (Å²) in [6, 6.07) is 4.67. The fraction of sp³-hybridized carbons (Fsp3) is 0.581. The van der Waals surface area contributed by atoms with Gasteiger partial charge in [-0.25, -0.2) is 4.79 Å². The summed E-state index contributed by atoms with van der Waals surface area (Å²) in [5.41, 5.74) is 0.106. The minimum Gasteiger partial charge on any atom is -0.494 e. The first-order valence-electron chi connectivity index (χ1n) is 15.1. The van der Waals surface area contributed by atoms with Gasteiger partial charge < -0.3 is 40.2 Å². The van der Waals surface area contributed by atoms with Crippen molar-refractivity contribution in [3.05, 3.63) is 29.8 Å². The molecular weight excluding hydrogens is 608 g/mol. The zero-order valence-electron chi connectivity index (χ0n) is 26.0. The van der Waals surface area contributed by atoms with E-state index in [4.69, 9.17) is 24.4 Å². The summed E-state index contributed by atoms with van der Waals surface area (Å²) in [5, 5.41) is 32.6. The van der Waals surface area contributed by atoms with Gasteiger partial charge in [0.15, 0.2) is 5.78 Å². The van der Waals surface area contributed by atoms with Gasteiger partial charge in [-0.15, -0.1) is 0 Å². The molecule has 2 unspecified atom stereocenters. The van der Waals surface area contributed by atoms with Crippen molar-refractivity contribution in [2.75, 3.05) is 39.6 Å². The molecule has 2 atom stereocenters. The molecule has 0 heterocycles. The molecule has 0 radical (unpaired) electrons. The number of nitrogens with one attached hydrogen (secondary N) is 2. The Morgan fingerprint density at radius 2 is 1.43 bits per heavy atom. The number of carboxylic acids is 3. The molecule has 0 saturated carbocycles. The van der Waals surface area contributed by atoms with Gasteiger partial charge in [-0.1, -0.05) is 0 Å². The third kappa shape index (κ3) is 18.4.